The van der Waals surface area contributed by atoms with Crippen molar-refractivity contribution >= 4 is 11.6 Å². The number of carbonyl (C=O) groups excluding carboxylic acids is 1. The van der Waals surface area contributed by atoms with Crippen LogP contribution in [0.1, 0.15) is 12.5 Å². The van der Waals surface area contributed by atoms with Crippen molar-refractivity contribution in [2.75, 3.05) is 51.3 Å². The monoisotopic (exact) mass is 413 g/mol. The summed E-state index contributed by atoms with van der Waals surface area (Å²) in [5.41, 5.74) is 2.12. The topological polar surface area (TPSA) is 74.3 Å². The van der Waals surface area contributed by atoms with Gasteiger partial charge >= 0.3 is 0 Å². The zero-order valence-corrected chi connectivity index (χ0v) is 17.7. The number of amides is 1. The van der Waals surface area contributed by atoms with E-state index in [1.54, 1.807) is 7.11 Å². The molecule has 2 N–H and O–H groups in total. The molecular weight excluding hydrogens is 382 g/mol. The number of anilines is 1. The number of aliphatic hydroxyl groups excluding tert-OH is 1. The first-order chi connectivity index (χ1) is 14.5. The number of carbonyl (C=O) groups is 1. The second-order valence-electron chi connectivity index (χ2n) is 7.48. The fourth-order valence-corrected chi connectivity index (χ4v) is 3.54. The summed E-state index contributed by atoms with van der Waals surface area (Å²) in [5.74, 6) is 1.55. The van der Waals surface area contributed by atoms with E-state index < -0.39 is 6.10 Å². The number of ether oxygens (including phenoxy) is 2. The molecule has 7 heteroatoms. The normalized spacial score (nSPS) is 15.5. The number of aliphatic hydroxyl groups is 1. The van der Waals surface area contributed by atoms with Crippen molar-refractivity contribution in [3.8, 4) is 11.5 Å². The van der Waals surface area contributed by atoms with E-state index in [2.05, 4.69) is 21.2 Å². The van der Waals surface area contributed by atoms with Crippen LogP contribution in [-0.4, -0.2) is 68.5 Å². The van der Waals surface area contributed by atoms with Crippen LogP contribution in [0.2, 0.25) is 0 Å². The van der Waals surface area contributed by atoms with Crippen LogP contribution in [0.3, 0.4) is 0 Å². The third kappa shape index (κ3) is 6.37. The average molecular weight is 414 g/mol. The van der Waals surface area contributed by atoms with Gasteiger partial charge in [0, 0.05) is 46.2 Å². The van der Waals surface area contributed by atoms with E-state index in [1.807, 2.05) is 42.5 Å². The molecule has 2 aromatic rings. The van der Waals surface area contributed by atoms with E-state index in [1.165, 1.54) is 6.92 Å². The predicted octanol–water partition coefficient (Wildman–Crippen LogP) is 1.89. The molecule has 0 aromatic heterocycles. The predicted molar refractivity (Wildman–Crippen MR) is 117 cm³/mol. The molecule has 1 fully saturated rings. The Morgan fingerprint density at radius 1 is 1.10 bits per heavy atom. The van der Waals surface area contributed by atoms with Crippen molar-refractivity contribution in [3.63, 3.8) is 0 Å². The van der Waals surface area contributed by atoms with Crippen LogP contribution >= 0.6 is 0 Å². The Morgan fingerprint density at radius 3 is 2.47 bits per heavy atom. The fourth-order valence-electron chi connectivity index (χ4n) is 3.54. The highest BCUT2D eigenvalue weighted by Crippen LogP contribution is 2.28. The van der Waals surface area contributed by atoms with Gasteiger partial charge in [-0.1, -0.05) is 24.3 Å². The highest BCUT2D eigenvalue weighted by molar-refractivity contribution is 5.72. The van der Waals surface area contributed by atoms with E-state index in [0.29, 0.717) is 18.8 Å². The molecule has 0 bridgehead atoms. The molecule has 1 atom stereocenters. The molecule has 2 aromatic carbocycles. The van der Waals surface area contributed by atoms with Crippen LogP contribution in [-0.2, 0) is 11.3 Å². The lowest BCUT2D eigenvalue weighted by Gasteiger charge is -2.37. The van der Waals surface area contributed by atoms with Gasteiger partial charge in [-0.05, 0) is 29.8 Å². The van der Waals surface area contributed by atoms with E-state index in [0.717, 1.165) is 43.2 Å². The molecule has 1 aliphatic rings. The lowest BCUT2D eigenvalue weighted by Crippen LogP contribution is -2.49. The molecule has 1 unspecified atom stereocenters. The quantitative estimate of drug-likeness (QED) is 0.654. The standard InChI is InChI=1S/C23H31N3O4/c1-18(27)24-15-19-7-9-21(10-8-19)30-17-20(28)16-25-11-13-26(14-12-25)22-5-3-4-6-23(22)29-2/h3-10,20,28H,11-17H2,1-2H3,(H,24,27). The van der Waals surface area contributed by atoms with Gasteiger partial charge in [0.2, 0.25) is 5.91 Å². The molecule has 0 spiro atoms. The van der Waals surface area contributed by atoms with E-state index in [4.69, 9.17) is 9.47 Å². The van der Waals surface area contributed by atoms with E-state index >= 15 is 0 Å². The van der Waals surface area contributed by atoms with Gasteiger partial charge in [0.25, 0.3) is 0 Å². The van der Waals surface area contributed by atoms with Gasteiger partial charge in [-0.15, -0.1) is 0 Å². The first kappa shape index (κ1) is 21.9. The second kappa shape index (κ2) is 10.8. The highest BCUT2D eigenvalue weighted by atomic mass is 16.5. The number of methoxy groups -OCH3 is 1. The first-order valence-electron chi connectivity index (χ1n) is 10.3. The Morgan fingerprint density at radius 2 is 1.80 bits per heavy atom. The Balaban J connectivity index is 1.39. The van der Waals surface area contributed by atoms with Gasteiger partial charge in [-0.3, -0.25) is 9.69 Å². The lowest BCUT2D eigenvalue weighted by molar-refractivity contribution is -0.119. The number of hydrogen-bond acceptors (Lipinski definition) is 6. The summed E-state index contributed by atoms with van der Waals surface area (Å²) in [6.45, 7) is 6.38. The second-order valence-corrected chi connectivity index (χ2v) is 7.48. The van der Waals surface area contributed by atoms with Gasteiger partial charge in [-0.25, -0.2) is 0 Å². The number of nitrogens with zero attached hydrogens (tertiary/aromatic N) is 2. The van der Waals surface area contributed by atoms with Gasteiger partial charge in [-0.2, -0.15) is 0 Å². The number of benzene rings is 2. The van der Waals surface area contributed by atoms with Crippen LogP contribution in [0.5, 0.6) is 11.5 Å². The molecule has 1 heterocycles. The SMILES string of the molecule is COc1ccccc1N1CCN(CC(O)COc2ccc(CNC(C)=O)cc2)CC1. The van der Waals surface area contributed by atoms with Gasteiger partial charge < -0.3 is 24.8 Å². The summed E-state index contributed by atoms with van der Waals surface area (Å²) in [4.78, 5) is 15.5. The summed E-state index contributed by atoms with van der Waals surface area (Å²) < 4.78 is 11.2. The summed E-state index contributed by atoms with van der Waals surface area (Å²) in [6.07, 6.45) is -0.554. The maximum Gasteiger partial charge on any atom is 0.217 e. The number of rotatable bonds is 9. The van der Waals surface area contributed by atoms with E-state index in [9.17, 15) is 9.90 Å². The molecule has 3 rings (SSSR count). The molecule has 7 nitrogen and oxygen atoms in total. The van der Waals surface area contributed by atoms with Crippen LogP contribution < -0.4 is 19.7 Å². The van der Waals surface area contributed by atoms with Crippen molar-refractivity contribution < 1.29 is 19.4 Å². The smallest absolute Gasteiger partial charge is 0.217 e. The molecule has 0 radical (unpaired) electrons. The van der Waals surface area contributed by atoms with Crippen LogP contribution in [0, 0.1) is 0 Å². The largest absolute Gasteiger partial charge is 0.495 e. The summed E-state index contributed by atoms with van der Waals surface area (Å²) in [6, 6.07) is 15.6. The van der Waals surface area contributed by atoms with Gasteiger partial charge in [0.05, 0.1) is 12.8 Å². The van der Waals surface area contributed by atoms with Crippen molar-refractivity contribution in [1.82, 2.24) is 10.2 Å². The Labute approximate surface area is 178 Å². The molecule has 30 heavy (non-hydrogen) atoms. The Hall–Kier alpha value is -2.77. The zero-order valence-electron chi connectivity index (χ0n) is 17.7. The molecule has 1 saturated heterocycles. The fraction of sp³-hybridized carbons (Fsp3) is 0.435. The van der Waals surface area contributed by atoms with Crippen LogP contribution in [0.25, 0.3) is 0 Å². The number of β-amino-alcohol motifs (C(OH)–C–C–N with tert-alkyl or cyclic N) is 1. The molecule has 1 amide bonds. The first-order valence-corrected chi connectivity index (χ1v) is 10.3. The van der Waals surface area contributed by atoms with Crippen molar-refractivity contribution in [1.29, 1.82) is 0 Å². The molecular formula is C23H31N3O4. The minimum Gasteiger partial charge on any atom is -0.495 e. The number of piperazine rings is 1. The third-order valence-electron chi connectivity index (χ3n) is 5.17. The maximum atomic E-state index is 11.0. The summed E-state index contributed by atoms with van der Waals surface area (Å²) in [7, 11) is 1.70. The lowest BCUT2D eigenvalue weighted by atomic mass is 10.2. The zero-order chi connectivity index (χ0) is 21.3. The maximum absolute atomic E-state index is 11.0. The Bertz CT molecular complexity index is 804. The summed E-state index contributed by atoms with van der Waals surface area (Å²) in [5, 5.41) is 13.1. The molecule has 0 aliphatic carbocycles. The van der Waals surface area contributed by atoms with Crippen molar-refractivity contribution in [2.24, 2.45) is 0 Å². The van der Waals surface area contributed by atoms with Crippen molar-refractivity contribution in [2.45, 2.75) is 19.6 Å². The minimum absolute atomic E-state index is 0.0535. The van der Waals surface area contributed by atoms with Gasteiger partial charge in [0.15, 0.2) is 0 Å². The number of nitrogens with one attached hydrogen (secondary N) is 1. The minimum atomic E-state index is -0.554. The third-order valence-corrected chi connectivity index (χ3v) is 5.17. The molecule has 162 valence electrons. The molecule has 0 saturated carbocycles. The van der Waals surface area contributed by atoms with Crippen molar-refractivity contribution in [3.05, 3.63) is 54.1 Å². The number of para-hydroxylation sites is 2. The van der Waals surface area contributed by atoms with Gasteiger partial charge in [0.1, 0.15) is 24.2 Å². The van der Waals surface area contributed by atoms with Crippen LogP contribution in [0.15, 0.2) is 48.5 Å². The molecule has 1 aliphatic heterocycles. The Kier molecular flexibility index (Phi) is 7.93. The average Bonchev–Trinajstić information content (AvgIpc) is 2.77. The number of hydrogen-bond donors (Lipinski definition) is 2. The highest BCUT2D eigenvalue weighted by Gasteiger charge is 2.21. The van der Waals surface area contributed by atoms with E-state index in [-0.39, 0.29) is 12.5 Å². The summed E-state index contributed by atoms with van der Waals surface area (Å²) >= 11 is 0. The van der Waals surface area contributed by atoms with Crippen LogP contribution in [0.4, 0.5) is 5.69 Å².